The third kappa shape index (κ3) is 3.61. The second-order valence-corrected chi connectivity index (χ2v) is 4.85. The number of ether oxygens (including phenoxy) is 2. The van der Waals surface area contributed by atoms with Crippen LogP contribution in [0.1, 0.15) is 24.2 Å². The van der Waals surface area contributed by atoms with E-state index >= 15 is 0 Å². The quantitative estimate of drug-likeness (QED) is 0.781. The van der Waals surface area contributed by atoms with Crippen LogP contribution in [0, 0.1) is 0 Å². The molecular weight excluding hydrogens is 266 g/mol. The van der Waals surface area contributed by atoms with Crippen LogP contribution >= 0.6 is 12.4 Å². The molecule has 1 aromatic rings. The number of ketones is 1. The van der Waals surface area contributed by atoms with Gasteiger partial charge >= 0.3 is 0 Å². The largest absolute Gasteiger partial charge is 0.493 e. The van der Waals surface area contributed by atoms with Gasteiger partial charge in [0, 0.05) is 5.56 Å². The lowest BCUT2D eigenvalue weighted by Crippen LogP contribution is -2.45. The van der Waals surface area contributed by atoms with Gasteiger partial charge < -0.3 is 9.47 Å². The SMILES string of the molecule is COc1ccc(C(=O)C(C)(C)N(C)C)cc1OC.Cl. The fourth-order valence-electron chi connectivity index (χ4n) is 1.53. The summed E-state index contributed by atoms with van der Waals surface area (Å²) in [6.45, 7) is 3.79. The van der Waals surface area contributed by atoms with Crippen LogP contribution < -0.4 is 9.47 Å². The highest BCUT2D eigenvalue weighted by Crippen LogP contribution is 2.29. The van der Waals surface area contributed by atoms with Crippen molar-refractivity contribution in [1.82, 2.24) is 4.90 Å². The van der Waals surface area contributed by atoms with Crippen molar-refractivity contribution in [3.8, 4) is 11.5 Å². The highest BCUT2D eigenvalue weighted by molar-refractivity contribution is 6.03. The molecule has 1 aromatic carbocycles. The summed E-state index contributed by atoms with van der Waals surface area (Å²) in [6.07, 6.45) is 0. The highest BCUT2D eigenvalue weighted by atomic mass is 35.5. The van der Waals surface area contributed by atoms with Gasteiger partial charge in [0.15, 0.2) is 17.3 Å². The molecule has 1 rings (SSSR count). The molecule has 0 aliphatic carbocycles. The Morgan fingerprint density at radius 3 is 2.05 bits per heavy atom. The number of likely N-dealkylation sites (N-methyl/N-ethyl adjacent to an activating group) is 1. The third-order valence-corrected chi connectivity index (χ3v) is 3.32. The van der Waals surface area contributed by atoms with Crippen LogP contribution in [-0.2, 0) is 0 Å². The maximum absolute atomic E-state index is 12.4. The molecule has 19 heavy (non-hydrogen) atoms. The second-order valence-electron chi connectivity index (χ2n) is 4.85. The molecular formula is C14H22ClNO3. The molecule has 4 nitrogen and oxygen atoms in total. The topological polar surface area (TPSA) is 38.8 Å². The van der Waals surface area contributed by atoms with Crippen molar-refractivity contribution in [2.75, 3.05) is 28.3 Å². The molecule has 5 heteroatoms. The van der Waals surface area contributed by atoms with E-state index in [1.165, 1.54) is 0 Å². The maximum Gasteiger partial charge on any atom is 0.182 e. The van der Waals surface area contributed by atoms with Crippen LogP contribution in [0.5, 0.6) is 11.5 Å². The molecule has 0 heterocycles. The van der Waals surface area contributed by atoms with E-state index in [1.807, 2.05) is 32.8 Å². The van der Waals surface area contributed by atoms with Crippen LogP contribution in [0.3, 0.4) is 0 Å². The van der Waals surface area contributed by atoms with Gasteiger partial charge in [-0.1, -0.05) is 0 Å². The maximum atomic E-state index is 12.4. The highest BCUT2D eigenvalue weighted by Gasteiger charge is 2.31. The lowest BCUT2D eigenvalue weighted by atomic mass is 9.92. The van der Waals surface area contributed by atoms with Crippen molar-refractivity contribution in [1.29, 1.82) is 0 Å². The van der Waals surface area contributed by atoms with E-state index in [1.54, 1.807) is 32.4 Å². The number of benzene rings is 1. The van der Waals surface area contributed by atoms with Crippen molar-refractivity contribution in [2.45, 2.75) is 19.4 Å². The van der Waals surface area contributed by atoms with Crippen LogP contribution in [0.15, 0.2) is 18.2 Å². The average molecular weight is 288 g/mol. The molecule has 0 saturated heterocycles. The molecule has 0 unspecified atom stereocenters. The van der Waals surface area contributed by atoms with E-state index in [0.717, 1.165) is 0 Å². The number of Topliss-reactive ketones (excluding diaryl/α,β-unsaturated/α-hetero) is 1. The summed E-state index contributed by atoms with van der Waals surface area (Å²) in [6, 6.07) is 5.22. The van der Waals surface area contributed by atoms with E-state index in [4.69, 9.17) is 9.47 Å². The van der Waals surface area contributed by atoms with Crippen molar-refractivity contribution in [3.05, 3.63) is 23.8 Å². The first-order valence-electron chi connectivity index (χ1n) is 5.78. The van der Waals surface area contributed by atoms with Crippen molar-refractivity contribution in [2.24, 2.45) is 0 Å². The zero-order valence-electron chi connectivity index (χ0n) is 12.3. The van der Waals surface area contributed by atoms with Gasteiger partial charge in [0.25, 0.3) is 0 Å². The molecule has 0 radical (unpaired) electrons. The molecule has 0 saturated carbocycles. The van der Waals surface area contributed by atoms with Crippen LogP contribution in [0.4, 0.5) is 0 Å². The first-order valence-corrected chi connectivity index (χ1v) is 5.78. The second kappa shape index (κ2) is 6.78. The Bertz CT molecular complexity index is 444. The molecule has 0 N–H and O–H groups in total. The minimum atomic E-state index is -0.556. The Balaban J connectivity index is 0.00000324. The minimum absolute atomic E-state index is 0. The van der Waals surface area contributed by atoms with Crippen LogP contribution in [0.25, 0.3) is 0 Å². The first kappa shape index (κ1) is 17.7. The number of methoxy groups -OCH3 is 2. The number of halogens is 1. The Labute approximate surface area is 121 Å². The number of carbonyl (C=O) groups is 1. The van der Waals surface area contributed by atoms with Gasteiger partial charge in [-0.2, -0.15) is 0 Å². The number of rotatable bonds is 5. The van der Waals surface area contributed by atoms with E-state index in [9.17, 15) is 4.79 Å². The molecule has 0 bridgehead atoms. The number of hydrogen-bond acceptors (Lipinski definition) is 4. The molecule has 0 fully saturated rings. The molecule has 0 spiro atoms. The van der Waals surface area contributed by atoms with E-state index in [-0.39, 0.29) is 18.2 Å². The summed E-state index contributed by atoms with van der Waals surface area (Å²) < 4.78 is 10.4. The van der Waals surface area contributed by atoms with Gasteiger partial charge in [-0.25, -0.2) is 0 Å². The van der Waals surface area contributed by atoms with Crippen molar-refractivity contribution in [3.63, 3.8) is 0 Å². The fraction of sp³-hybridized carbons (Fsp3) is 0.500. The zero-order valence-corrected chi connectivity index (χ0v) is 13.1. The third-order valence-electron chi connectivity index (χ3n) is 3.32. The molecule has 0 aliphatic rings. The zero-order chi connectivity index (χ0) is 13.9. The Morgan fingerprint density at radius 2 is 1.63 bits per heavy atom. The summed E-state index contributed by atoms with van der Waals surface area (Å²) in [5.41, 5.74) is 0.0610. The van der Waals surface area contributed by atoms with Gasteiger partial charge in [0.1, 0.15) is 0 Å². The van der Waals surface area contributed by atoms with Crippen LogP contribution in [-0.4, -0.2) is 44.5 Å². The number of nitrogens with zero attached hydrogens (tertiary/aromatic N) is 1. The summed E-state index contributed by atoms with van der Waals surface area (Å²) in [7, 11) is 6.91. The molecule has 0 aliphatic heterocycles. The minimum Gasteiger partial charge on any atom is -0.493 e. The van der Waals surface area contributed by atoms with Crippen molar-refractivity contribution >= 4 is 18.2 Å². The molecule has 108 valence electrons. The van der Waals surface area contributed by atoms with Crippen molar-refractivity contribution < 1.29 is 14.3 Å². The molecule has 0 aromatic heterocycles. The summed E-state index contributed by atoms with van der Waals surface area (Å²) in [4.78, 5) is 14.3. The van der Waals surface area contributed by atoms with Gasteiger partial charge in [0.2, 0.25) is 0 Å². The summed E-state index contributed by atoms with van der Waals surface area (Å²) in [5, 5.41) is 0. The monoisotopic (exact) mass is 287 g/mol. The van der Waals surface area contributed by atoms with Gasteiger partial charge in [0.05, 0.1) is 19.8 Å². The summed E-state index contributed by atoms with van der Waals surface area (Å²) in [5.74, 6) is 1.24. The smallest absolute Gasteiger partial charge is 0.182 e. The predicted molar refractivity (Wildman–Crippen MR) is 78.9 cm³/mol. The Morgan fingerprint density at radius 1 is 1.11 bits per heavy atom. The van der Waals surface area contributed by atoms with Crippen LogP contribution in [0.2, 0.25) is 0 Å². The van der Waals surface area contributed by atoms with Gasteiger partial charge in [-0.15, -0.1) is 12.4 Å². The lowest BCUT2D eigenvalue weighted by Gasteiger charge is -2.31. The number of carbonyl (C=O) groups excluding carboxylic acids is 1. The Hall–Kier alpha value is -1.26. The standard InChI is InChI=1S/C14H21NO3.ClH/c1-14(2,15(3)4)13(16)10-7-8-11(17-5)12(9-10)18-6;/h7-9H,1-6H3;1H. The molecule has 0 amide bonds. The van der Waals surface area contributed by atoms with E-state index in [2.05, 4.69) is 0 Å². The first-order chi connectivity index (χ1) is 8.34. The van der Waals surface area contributed by atoms with Gasteiger partial charge in [-0.3, -0.25) is 9.69 Å². The van der Waals surface area contributed by atoms with E-state index < -0.39 is 5.54 Å². The predicted octanol–water partition coefficient (Wildman–Crippen LogP) is 2.65. The lowest BCUT2D eigenvalue weighted by molar-refractivity contribution is 0.0755. The number of hydrogen-bond donors (Lipinski definition) is 0. The van der Waals surface area contributed by atoms with Gasteiger partial charge in [-0.05, 0) is 46.1 Å². The van der Waals surface area contributed by atoms with E-state index in [0.29, 0.717) is 17.1 Å². The molecule has 0 atom stereocenters. The normalized spacial score (nSPS) is 10.9. The summed E-state index contributed by atoms with van der Waals surface area (Å²) >= 11 is 0. The average Bonchev–Trinajstić information content (AvgIpc) is 2.36. The fourth-order valence-corrected chi connectivity index (χ4v) is 1.53. The Kier molecular flexibility index (Phi) is 6.33.